The fourth-order valence-electron chi connectivity index (χ4n) is 1.50. The van der Waals surface area contributed by atoms with E-state index in [0.717, 1.165) is 0 Å². The molecule has 0 heterocycles. The Morgan fingerprint density at radius 2 is 1.93 bits per heavy atom. The zero-order chi connectivity index (χ0) is 8.39. The van der Waals surface area contributed by atoms with Crippen LogP contribution in [-0.4, -0.2) is 0 Å². The third-order valence-electron chi connectivity index (χ3n) is 2.25. The topological polar surface area (TPSA) is 0 Å². The molecule has 0 radical (unpaired) electrons. The van der Waals surface area contributed by atoms with Gasteiger partial charge in [0.25, 0.3) is 0 Å². The van der Waals surface area contributed by atoms with Gasteiger partial charge in [-0.1, -0.05) is 0 Å². The maximum atomic E-state index is 2.30. The first-order valence-electron chi connectivity index (χ1n) is 4.35. The first-order valence-corrected chi connectivity index (χ1v) is 5.91. The molecule has 0 atom stereocenters. The van der Waals surface area contributed by atoms with E-state index in [4.69, 9.17) is 0 Å². The van der Waals surface area contributed by atoms with E-state index in [1.807, 2.05) is 0 Å². The molecule has 0 nitrogen and oxygen atoms in total. The minimum Gasteiger partial charge on any atom is -0.147 e. The molecule has 0 saturated carbocycles. The molecule has 0 amide bonds. The van der Waals surface area contributed by atoms with E-state index in [0.29, 0.717) is 0 Å². The van der Waals surface area contributed by atoms with Crippen molar-refractivity contribution < 1.29 is 19.2 Å². The van der Waals surface area contributed by atoms with Gasteiger partial charge in [-0.05, 0) is 0 Å². The summed E-state index contributed by atoms with van der Waals surface area (Å²) < 4.78 is 3.41. The maximum Gasteiger partial charge on any atom is -0.147 e. The Labute approximate surface area is 107 Å². The van der Waals surface area contributed by atoms with Crippen molar-refractivity contribution in [2.45, 2.75) is 19.8 Å². The van der Waals surface area contributed by atoms with Crippen molar-refractivity contribution in [3.63, 3.8) is 0 Å². The van der Waals surface area contributed by atoms with Crippen LogP contribution in [0.2, 0.25) is 0 Å². The molecule has 2 rings (SSSR count). The molecule has 2 aliphatic carbocycles. The van der Waals surface area contributed by atoms with Gasteiger partial charge in [0, 0.05) is 0 Å². The molecule has 0 aromatic heterocycles. The normalized spacial score (nSPS) is 17.6. The average molecular weight is 265 g/mol. The molecule has 3 heteroatoms. The predicted molar refractivity (Wildman–Crippen MR) is 62.8 cm³/mol. The summed E-state index contributed by atoms with van der Waals surface area (Å²) in [4.78, 5) is 0. The molecule has 0 spiro atoms. The number of hydrogen-bond acceptors (Lipinski definition) is 0. The van der Waals surface area contributed by atoms with Gasteiger partial charge in [0.1, 0.15) is 0 Å². The molecule has 2 aliphatic rings. The van der Waals surface area contributed by atoms with Crippen LogP contribution >= 0.6 is 24.8 Å². The van der Waals surface area contributed by atoms with Crippen molar-refractivity contribution in [1.29, 1.82) is 0 Å². The van der Waals surface area contributed by atoms with Crippen molar-refractivity contribution >= 4 is 24.8 Å². The summed E-state index contributed by atoms with van der Waals surface area (Å²) in [6.45, 7) is 2.24. The van der Waals surface area contributed by atoms with Crippen molar-refractivity contribution in [2.24, 2.45) is 0 Å². The van der Waals surface area contributed by atoms with Crippen LogP contribution in [0.3, 0.4) is 0 Å². The third kappa shape index (κ3) is 3.44. The summed E-state index contributed by atoms with van der Waals surface area (Å²) in [6.07, 6.45) is 13.8. The molecule has 0 N–H and O–H groups in total. The Morgan fingerprint density at radius 1 is 1.14 bits per heavy atom. The number of allylic oxidation sites excluding steroid dienone is 8. The maximum absolute atomic E-state index is 2.30. The molecule has 0 aromatic rings. The smallest absolute Gasteiger partial charge is 0.147 e. The second-order valence-electron chi connectivity index (χ2n) is 3.22. The molecule has 0 aromatic carbocycles. The molecular formula is C11H14Cl2Ti. The van der Waals surface area contributed by atoms with Crippen molar-refractivity contribution in [3.8, 4) is 0 Å². The summed E-state index contributed by atoms with van der Waals surface area (Å²) in [5.41, 5.74) is 1.53. The summed E-state index contributed by atoms with van der Waals surface area (Å²) in [5.74, 6) is 0. The Bertz CT molecular complexity index is 311. The van der Waals surface area contributed by atoms with Gasteiger partial charge in [-0.2, -0.15) is 0 Å². The molecule has 0 unspecified atom stereocenters. The van der Waals surface area contributed by atoms with Gasteiger partial charge < -0.3 is 0 Å². The molecule has 0 saturated heterocycles. The van der Waals surface area contributed by atoms with Crippen LogP contribution in [0.5, 0.6) is 0 Å². The van der Waals surface area contributed by atoms with Crippen molar-refractivity contribution in [1.82, 2.24) is 0 Å². The summed E-state index contributed by atoms with van der Waals surface area (Å²) in [6, 6.07) is 0. The Morgan fingerprint density at radius 3 is 2.43 bits per heavy atom. The van der Waals surface area contributed by atoms with Gasteiger partial charge in [-0.15, -0.1) is 24.8 Å². The largest absolute Gasteiger partial charge is 0.147 e. The minimum atomic E-state index is 0. The van der Waals surface area contributed by atoms with Crippen molar-refractivity contribution in [2.75, 3.05) is 0 Å². The number of halogens is 2. The van der Waals surface area contributed by atoms with Gasteiger partial charge in [-0.3, -0.25) is 0 Å². The first-order chi connectivity index (χ1) is 5.86. The van der Waals surface area contributed by atoms with Crippen LogP contribution < -0.4 is 0 Å². The molecule has 0 fully saturated rings. The van der Waals surface area contributed by atoms with E-state index >= 15 is 0 Å². The molecule has 14 heavy (non-hydrogen) atoms. The van der Waals surface area contributed by atoms with Crippen LogP contribution in [0, 0.1) is 0 Å². The van der Waals surface area contributed by atoms with Crippen LogP contribution in [0.25, 0.3) is 0 Å². The van der Waals surface area contributed by atoms with Crippen LogP contribution in [0.15, 0.2) is 43.7 Å². The number of rotatable bonds is 2. The van der Waals surface area contributed by atoms with Crippen LogP contribution in [0.4, 0.5) is 0 Å². The third-order valence-corrected chi connectivity index (χ3v) is 4.73. The second-order valence-corrected chi connectivity index (χ2v) is 5.55. The second kappa shape index (κ2) is 6.69. The van der Waals surface area contributed by atoms with Gasteiger partial charge >= 0.3 is 82.6 Å². The summed E-state index contributed by atoms with van der Waals surface area (Å²) in [7, 11) is 0. The van der Waals surface area contributed by atoms with E-state index in [1.165, 1.54) is 18.4 Å². The minimum absolute atomic E-state index is 0. The predicted octanol–water partition coefficient (Wildman–Crippen LogP) is 3.99. The monoisotopic (exact) mass is 264 g/mol. The van der Waals surface area contributed by atoms with Gasteiger partial charge in [0.2, 0.25) is 0 Å². The van der Waals surface area contributed by atoms with E-state index in [-0.39, 0.29) is 44.0 Å². The van der Waals surface area contributed by atoms with Crippen LogP contribution in [-0.2, 0) is 19.2 Å². The zero-order valence-electron chi connectivity index (χ0n) is 8.12. The van der Waals surface area contributed by atoms with Crippen LogP contribution in [0.1, 0.15) is 19.8 Å². The van der Waals surface area contributed by atoms with Crippen molar-refractivity contribution in [3.05, 3.63) is 43.7 Å². The Hall–Kier alpha value is 0.254. The SMILES string of the molecule is CC1=[C]([Ti][C]2=CC=CC2)CC=C1.Cl.Cl. The fraction of sp³-hybridized carbons (Fsp3) is 0.273. The van der Waals surface area contributed by atoms with Gasteiger partial charge in [0.05, 0.1) is 0 Å². The molecule has 76 valence electrons. The van der Waals surface area contributed by atoms with Gasteiger partial charge in [-0.25, -0.2) is 0 Å². The molecular weight excluding hydrogens is 251 g/mol. The van der Waals surface area contributed by atoms with E-state index < -0.39 is 0 Å². The fourth-order valence-corrected chi connectivity index (χ4v) is 3.51. The zero-order valence-corrected chi connectivity index (χ0v) is 11.3. The van der Waals surface area contributed by atoms with Gasteiger partial charge in [0.15, 0.2) is 0 Å². The Kier molecular flexibility index (Phi) is 6.81. The average Bonchev–Trinajstić information content (AvgIpc) is 2.65. The first kappa shape index (κ1) is 14.3. The van der Waals surface area contributed by atoms with E-state index in [2.05, 4.69) is 37.3 Å². The Balaban J connectivity index is 0.000000845. The number of hydrogen-bond donors (Lipinski definition) is 0. The standard InChI is InChI=1S/C6H7.C5H5.2ClH.Ti/c1-6-4-2-3-5-6;1-2-4-5-3-1;;;/h2,4H,3H2,1H3;1-3H,4H2;2*1H;. The molecule has 0 aliphatic heterocycles. The quantitative estimate of drug-likeness (QED) is 0.662. The van der Waals surface area contributed by atoms with E-state index in [1.54, 1.807) is 7.76 Å². The van der Waals surface area contributed by atoms with E-state index in [9.17, 15) is 0 Å². The molecule has 0 bridgehead atoms. The summed E-state index contributed by atoms with van der Waals surface area (Å²) in [5, 5.41) is 0. The summed E-state index contributed by atoms with van der Waals surface area (Å²) >= 11 is 0.0579.